The van der Waals surface area contributed by atoms with Crippen LogP contribution in [0.3, 0.4) is 0 Å². The highest BCUT2D eigenvalue weighted by Gasteiger charge is 2.30. The van der Waals surface area contributed by atoms with E-state index in [9.17, 15) is 4.79 Å². The third kappa shape index (κ3) is 3.46. The molecule has 0 aliphatic carbocycles. The van der Waals surface area contributed by atoms with Gasteiger partial charge in [-0.15, -0.1) is 11.3 Å². The van der Waals surface area contributed by atoms with Crippen molar-refractivity contribution < 1.29 is 9.32 Å². The van der Waals surface area contributed by atoms with Gasteiger partial charge in [-0.1, -0.05) is 11.2 Å². The summed E-state index contributed by atoms with van der Waals surface area (Å²) >= 11 is 1.72. The smallest absolute Gasteiger partial charge is 0.227 e. The number of likely N-dealkylation sites (tertiary alicyclic amines) is 1. The van der Waals surface area contributed by atoms with Crippen LogP contribution in [0.2, 0.25) is 0 Å². The van der Waals surface area contributed by atoms with Crippen LogP contribution in [0.25, 0.3) is 11.4 Å². The second kappa shape index (κ2) is 7.14. The average Bonchev–Trinajstić information content (AvgIpc) is 3.41. The Kier molecular flexibility index (Phi) is 4.56. The number of aromatic nitrogens is 3. The third-order valence-electron chi connectivity index (χ3n) is 4.40. The molecule has 0 aromatic carbocycles. The minimum atomic E-state index is 0.152. The first kappa shape index (κ1) is 16.0. The molecule has 1 saturated heterocycles. The van der Waals surface area contributed by atoms with E-state index in [4.69, 9.17) is 4.52 Å². The highest BCUT2D eigenvalue weighted by Crippen LogP contribution is 2.34. The molecule has 1 aliphatic rings. The molecular formula is C18H18N4O2S. The van der Waals surface area contributed by atoms with Gasteiger partial charge in [0.15, 0.2) is 0 Å². The van der Waals surface area contributed by atoms with Gasteiger partial charge in [-0.2, -0.15) is 4.98 Å². The second-order valence-electron chi connectivity index (χ2n) is 6.01. The van der Waals surface area contributed by atoms with Crippen LogP contribution in [0.15, 0.2) is 46.6 Å². The van der Waals surface area contributed by atoms with Crippen molar-refractivity contribution >= 4 is 17.2 Å². The minimum absolute atomic E-state index is 0.152. The summed E-state index contributed by atoms with van der Waals surface area (Å²) in [5.41, 5.74) is 0.855. The monoisotopic (exact) mass is 354 g/mol. The number of thiophene rings is 1. The number of hydrogen-bond acceptors (Lipinski definition) is 6. The van der Waals surface area contributed by atoms with Gasteiger partial charge in [-0.25, -0.2) is 0 Å². The Hall–Kier alpha value is -2.54. The summed E-state index contributed by atoms with van der Waals surface area (Å²) in [6.07, 6.45) is 6.32. The van der Waals surface area contributed by atoms with Gasteiger partial charge in [-0.3, -0.25) is 9.78 Å². The lowest BCUT2D eigenvalue weighted by Crippen LogP contribution is -2.30. The standard InChI is InChI=1S/C18H18N4O2S/c23-17(22-11-1-3-14(22)15-4-2-12-25-15)6-5-16-20-18(21-24-16)13-7-9-19-10-8-13/h2,4,7-10,12,14H,1,3,5-6,11H2/t14-/m1/s1. The van der Waals surface area contributed by atoms with Crippen molar-refractivity contribution in [1.29, 1.82) is 0 Å². The molecule has 4 heterocycles. The fraction of sp³-hybridized carbons (Fsp3) is 0.333. The molecule has 1 amide bonds. The number of nitrogens with zero attached hydrogens (tertiary/aromatic N) is 4. The molecule has 25 heavy (non-hydrogen) atoms. The molecular weight excluding hydrogens is 336 g/mol. The molecule has 1 fully saturated rings. The summed E-state index contributed by atoms with van der Waals surface area (Å²) in [6, 6.07) is 8.04. The van der Waals surface area contributed by atoms with Crippen LogP contribution in [0.1, 0.15) is 36.1 Å². The molecule has 0 unspecified atom stereocenters. The van der Waals surface area contributed by atoms with Crippen molar-refractivity contribution in [3.05, 3.63) is 52.8 Å². The molecule has 7 heteroatoms. The predicted octanol–water partition coefficient (Wildman–Crippen LogP) is 3.49. The summed E-state index contributed by atoms with van der Waals surface area (Å²) < 4.78 is 5.28. The highest BCUT2D eigenvalue weighted by atomic mass is 32.1. The van der Waals surface area contributed by atoms with Crippen LogP contribution in [0, 0.1) is 0 Å². The highest BCUT2D eigenvalue weighted by molar-refractivity contribution is 7.10. The maximum Gasteiger partial charge on any atom is 0.227 e. The first-order valence-electron chi connectivity index (χ1n) is 8.37. The van der Waals surface area contributed by atoms with Gasteiger partial charge in [0.2, 0.25) is 17.6 Å². The molecule has 0 saturated carbocycles. The van der Waals surface area contributed by atoms with E-state index in [1.807, 2.05) is 23.1 Å². The molecule has 6 nitrogen and oxygen atoms in total. The molecule has 1 aliphatic heterocycles. The Labute approximate surface area is 149 Å². The largest absolute Gasteiger partial charge is 0.339 e. The zero-order valence-corrected chi connectivity index (χ0v) is 14.5. The Balaban J connectivity index is 1.38. The first-order chi connectivity index (χ1) is 12.3. The van der Waals surface area contributed by atoms with E-state index in [0.717, 1.165) is 24.9 Å². The lowest BCUT2D eigenvalue weighted by molar-refractivity contribution is -0.132. The van der Waals surface area contributed by atoms with Crippen molar-refractivity contribution in [1.82, 2.24) is 20.0 Å². The van der Waals surface area contributed by atoms with Crippen LogP contribution in [0.4, 0.5) is 0 Å². The van der Waals surface area contributed by atoms with Crippen molar-refractivity contribution in [2.45, 2.75) is 31.7 Å². The molecule has 3 aromatic rings. The van der Waals surface area contributed by atoms with Gasteiger partial charge in [0.25, 0.3) is 0 Å². The fourth-order valence-corrected chi connectivity index (χ4v) is 4.05. The summed E-state index contributed by atoms with van der Waals surface area (Å²) in [7, 11) is 0. The Morgan fingerprint density at radius 1 is 1.32 bits per heavy atom. The normalized spacial score (nSPS) is 17.1. The fourth-order valence-electron chi connectivity index (χ4n) is 3.17. The first-order valence-corrected chi connectivity index (χ1v) is 9.25. The molecule has 0 N–H and O–H groups in total. The lowest BCUT2D eigenvalue weighted by Gasteiger charge is -2.23. The second-order valence-corrected chi connectivity index (χ2v) is 6.99. The van der Waals surface area contributed by atoms with E-state index in [-0.39, 0.29) is 11.9 Å². The number of aryl methyl sites for hydroxylation is 1. The Bertz CT molecular complexity index is 832. The Morgan fingerprint density at radius 2 is 2.20 bits per heavy atom. The topological polar surface area (TPSA) is 72.1 Å². The molecule has 0 spiro atoms. The van der Waals surface area contributed by atoms with Crippen molar-refractivity contribution in [2.75, 3.05) is 6.54 Å². The van der Waals surface area contributed by atoms with Gasteiger partial charge >= 0.3 is 0 Å². The quantitative estimate of drug-likeness (QED) is 0.701. The lowest BCUT2D eigenvalue weighted by atomic mass is 10.1. The van der Waals surface area contributed by atoms with E-state index in [1.165, 1.54) is 4.88 Å². The van der Waals surface area contributed by atoms with Gasteiger partial charge in [0.1, 0.15) is 0 Å². The van der Waals surface area contributed by atoms with Crippen LogP contribution in [0.5, 0.6) is 0 Å². The summed E-state index contributed by atoms with van der Waals surface area (Å²) in [5.74, 6) is 1.18. The summed E-state index contributed by atoms with van der Waals surface area (Å²) in [5, 5.41) is 6.05. The van der Waals surface area contributed by atoms with Crippen LogP contribution in [-0.2, 0) is 11.2 Å². The number of carbonyl (C=O) groups is 1. The van der Waals surface area contributed by atoms with E-state index < -0.39 is 0 Å². The van der Waals surface area contributed by atoms with Gasteiger partial charge in [0, 0.05) is 42.2 Å². The molecule has 4 rings (SSSR count). The summed E-state index contributed by atoms with van der Waals surface area (Å²) in [4.78, 5) is 24.2. The maximum absolute atomic E-state index is 12.6. The summed E-state index contributed by atoms with van der Waals surface area (Å²) in [6.45, 7) is 0.827. The Morgan fingerprint density at radius 3 is 3.00 bits per heavy atom. The molecule has 0 radical (unpaired) electrons. The van der Waals surface area contributed by atoms with Crippen molar-refractivity contribution in [3.63, 3.8) is 0 Å². The number of rotatable bonds is 5. The maximum atomic E-state index is 12.6. The molecule has 128 valence electrons. The van der Waals surface area contributed by atoms with Crippen LogP contribution < -0.4 is 0 Å². The zero-order chi connectivity index (χ0) is 17.1. The van der Waals surface area contributed by atoms with Crippen molar-refractivity contribution in [2.24, 2.45) is 0 Å². The van der Waals surface area contributed by atoms with Gasteiger partial charge < -0.3 is 9.42 Å². The van der Waals surface area contributed by atoms with Gasteiger partial charge in [-0.05, 0) is 36.4 Å². The van der Waals surface area contributed by atoms with Crippen LogP contribution in [-0.4, -0.2) is 32.5 Å². The van der Waals surface area contributed by atoms with E-state index in [1.54, 1.807) is 23.7 Å². The zero-order valence-electron chi connectivity index (χ0n) is 13.7. The predicted molar refractivity (Wildman–Crippen MR) is 93.9 cm³/mol. The van der Waals surface area contributed by atoms with Crippen molar-refractivity contribution in [3.8, 4) is 11.4 Å². The van der Waals surface area contributed by atoms with E-state index >= 15 is 0 Å². The minimum Gasteiger partial charge on any atom is -0.339 e. The van der Waals surface area contributed by atoms with Crippen LogP contribution >= 0.6 is 11.3 Å². The molecule has 0 bridgehead atoms. The van der Waals surface area contributed by atoms with E-state index in [0.29, 0.717) is 24.6 Å². The third-order valence-corrected chi connectivity index (χ3v) is 5.38. The van der Waals surface area contributed by atoms with E-state index in [2.05, 4.69) is 26.6 Å². The number of amides is 1. The molecule has 3 aromatic heterocycles. The SMILES string of the molecule is O=C(CCc1nc(-c2ccncc2)no1)N1CCC[C@@H]1c1cccs1. The van der Waals surface area contributed by atoms with Gasteiger partial charge in [0.05, 0.1) is 6.04 Å². The number of carbonyl (C=O) groups excluding carboxylic acids is 1. The molecule has 1 atom stereocenters. The average molecular weight is 354 g/mol. The number of pyridine rings is 1. The number of hydrogen-bond donors (Lipinski definition) is 0.